The summed E-state index contributed by atoms with van der Waals surface area (Å²) in [4.78, 5) is 28.2. The molecule has 2 heterocycles. The van der Waals surface area contributed by atoms with E-state index in [-0.39, 0.29) is 29.4 Å². The summed E-state index contributed by atoms with van der Waals surface area (Å²) in [5.41, 5.74) is 2.29. The number of fused-ring (bicyclic) bond motifs is 1. The molecule has 32 heavy (non-hydrogen) atoms. The maximum absolute atomic E-state index is 14.2. The van der Waals surface area contributed by atoms with E-state index in [1.165, 1.54) is 12.1 Å². The standard InChI is InChI=1S/C24H23F2N3O3/c25-22-17(3-4-18(14-27)23(22)26)13-21(30)29-8-1-7-28(10-11-29)9-6-16-2-5-20-19(12-16)15-32-24(20)31/h2-5,12H,1,6-11,13,15H2. The summed E-state index contributed by atoms with van der Waals surface area (Å²) < 4.78 is 33.0. The fourth-order valence-electron chi connectivity index (χ4n) is 4.16. The third-order valence-corrected chi connectivity index (χ3v) is 6.03. The van der Waals surface area contributed by atoms with Crippen LogP contribution in [0.15, 0.2) is 30.3 Å². The Balaban J connectivity index is 1.30. The quantitative estimate of drug-likeness (QED) is 0.670. The monoisotopic (exact) mass is 439 g/mol. The van der Waals surface area contributed by atoms with Crippen molar-refractivity contribution < 1.29 is 23.1 Å². The fraction of sp³-hybridized carbons (Fsp3) is 0.375. The van der Waals surface area contributed by atoms with Gasteiger partial charge in [0.15, 0.2) is 11.6 Å². The van der Waals surface area contributed by atoms with Crippen molar-refractivity contribution in [3.8, 4) is 6.07 Å². The molecule has 1 amide bonds. The van der Waals surface area contributed by atoms with E-state index in [0.717, 1.165) is 37.1 Å². The third-order valence-electron chi connectivity index (χ3n) is 6.03. The maximum atomic E-state index is 14.2. The second-order valence-corrected chi connectivity index (χ2v) is 8.08. The van der Waals surface area contributed by atoms with Gasteiger partial charge in [0.05, 0.1) is 17.5 Å². The average molecular weight is 439 g/mol. The van der Waals surface area contributed by atoms with Gasteiger partial charge in [-0.1, -0.05) is 18.2 Å². The zero-order valence-electron chi connectivity index (χ0n) is 17.6. The van der Waals surface area contributed by atoms with Crippen LogP contribution in [0, 0.1) is 23.0 Å². The van der Waals surface area contributed by atoms with Crippen molar-refractivity contribution >= 4 is 11.9 Å². The van der Waals surface area contributed by atoms with Crippen LogP contribution in [-0.2, 0) is 29.0 Å². The van der Waals surface area contributed by atoms with E-state index in [9.17, 15) is 18.4 Å². The summed E-state index contributed by atoms with van der Waals surface area (Å²) in [5.74, 6) is -2.86. The molecular formula is C24H23F2N3O3. The number of hydrogen-bond donors (Lipinski definition) is 0. The minimum absolute atomic E-state index is 0.0355. The predicted octanol–water partition coefficient (Wildman–Crippen LogP) is 2.83. The summed E-state index contributed by atoms with van der Waals surface area (Å²) in [6, 6.07) is 9.87. The molecule has 4 rings (SSSR count). The number of carbonyl (C=O) groups excluding carboxylic acids is 2. The minimum Gasteiger partial charge on any atom is -0.457 e. The molecule has 0 spiro atoms. The normalized spacial score (nSPS) is 16.3. The van der Waals surface area contributed by atoms with Crippen LogP contribution in [-0.4, -0.2) is 54.4 Å². The molecule has 0 N–H and O–H groups in total. The molecule has 1 fully saturated rings. The number of halogens is 2. The Morgan fingerprint density at radius 3 is 2.75 bits per heavy atom. The Hall–Kier alpha value is -3.31. The van der Waals surface area contributed by atoms with Gasteiger partial charge in [-0.05, 0) is 37.1 Å². The number of nitriles is 1. The largest absolute Gasteiger partial charge is 0.457 e. The SMILES string of the molecule is N#Cc1ccc(CC(=O)N2CCCN(CCc3ccc4c(c3)COC4=O)CC2)c(F)c1F. The second kappa shape index (κ2) is 9.45. The molecule has 2 aliphatic heterocycles. The number of ether oxygens (including phenoxy) is 1. The van der Waals surface area contributed by atoms with E-state index in [1.54, 1.807) is 11.0 Å². The Morgan fingerprint density at radius 2 is 1.94 bits per heavy atom. The first-order valence-corrected chi connectivity index (χ1v) is 10.6. The van der Waals surface area contributed by atoms with Crippen molar-refractivity contribution in [2.75, 3.05) is 32.7 Å². The Bertz CT molecular complexity index is 1100. The zero-order valence-corrected chi connectivity index (χ0v) is 17.6. The fourth-order valence-corrected chi connectivity index (χ4v) is 4.16. The lowest BCUT2D eigenvalue weighted by atomic mass is 10.0. The number of rotatable bonds is 5. The summed E-state index contributed by atoms with van der Waals surface area (Å²) in [7, 11) is 0. The number of amides is 1. The maximum Gasteiger partial charge on any atom is 0.338 e. The van der Waals surface area contributed by atoms with Gasteiger partial charge < -0.3 is 14.5 Å². The summed E-state index contributed by atoms with van der Waals surface area (Å²) >= 11 is 0. The van der Waals surface area contributed by atoms with E-state index in [4.69, 9.17) is 10.00 Å². The van der Waals surface area contributed by atoms with E-state index in [2.05, 4.69) is 4.90 Å². The first-order valence-electron chi connectivity index (χ1n) is 10.6. The summed E-state index contributed by atoms with van der Waals surface area (Å²) in [6.07, 6.45) is 1.39. The van der Waals surface area contributed by atoms with Gasteiger partial charge >= 0.3 is 5.97 Å². The van der Waals surface area contributed by atoms with Gasteiger partial charge in [0.1, 0.15) is 12.7 Å². The van der Waals surface area contributed by atoms with Gasteiger partial charge in [0, 0.05) is 37.3 Å². The van der Waals surface area contributed by atoms with Gasteiger partial charge in [-0.2, -0.15) is 5.26 Å². The molecule has 0 saturated carbocycles. The molecule has 0 aliphatic carbocycles. The molecule has 0 radical (unpaired) electrons. The number of nitrogens with zero attached hydrogens (tertiary/aromatic N) is 3. The van der Waals surface area contributed by atoms with Crippen LogP contribution < -0.4 is 0 Å². The van der Waals surface area contributed by atoms with Gasteiger partial charge in [-0.25, -0.2) is 13.6 Å². The van der Waals surface area contributed by atoms with Gasteiger partial charge in [0.25, 0.3) is 0 Å². The van der Waals surface area contributed by atoms with E-state index in [0.29, 0.717) is 31.8 Å². The molecule has 2 aromatic carbocycles. The van der Waals surface area contributed by atoms with Crippen molar-refractivity contribution in [2.45, 2.75) is 25.9 Å². The third kappa shape index (κ3) is 4.63. The van der Waals surface area contributed by atoms with Crippen molar-refractivity contribution in [1.29, 1.82) is 5.26 Å². The van der Waals surface area contributed by atoms with Crippen LogP contribution in [0.3, 0.4) is 0 Å². The molecule has 0 unspecified atom stereocenters. The number of cyclic esters (lactones) is 1. The molecule has 0 bridgehead atoms. The highest BCUT2D eigenvalue weighted by Crippen LogP contribution is 2.22. The van der Waals surface area contributed by atoms with Gasteiger partial charge in [-0.3, -0.25) is 4.79 Å². The van der Waals surface area contributed by atoms with E-state index in [1.807, 2.05) is 18.2 Å². The first-order chi connectivity index (χ1) is 15.5. The Morgan fingerprint density at radius 1 is 1.09 bits per heavy atom. The van der Waals surface area contributed by atoms with Crippen LogP contribution in [0.25, 0.3) is 0 Å². The lowest BCUT2D eigenvalue weighted by Crippen LogP contribution is -2.36. The van der Waals surface area contributed by atoms with Crippen molar-refractivity contribution in [3.05, 3.63) is 69.8 Å². The smallest absolute Gasteiger partial charge is 0.338 e. The average Bonchev–Trinajstić information content (AvgIpc) is 3.00. The zero-order chi connectivity index (χ0) is 22.7. The molecule has 166 valence electrons. The number of benzene rings is 2. The Labute approximate surface area is 185 Å². The number of hydrogen-bond acceptors (Lipinski definition) is 5. The highest BCUT2D eigenvalue weighted by atomic mass is 19.2. The molecule has 1 saturated heterocycles. The predicted molar refractivity (Wildman–Crippen MR) is 112 cm³/mol. The minimum atomic E-state index is -1.21. The Kier molecular flexibility index (Phi) is 6.47. The van der Waals surface area contributed by atoms with Crippen molar-refractivity contribution in [3.63, 3.8) is 0 Å². The van der Waals surface area contributed by atoms with Crippen LogP contribution >= 0.6 is 0 Å². The summed E-state index contributed by atoms with van der Waals surface area (Å²) in [6.45, 7) is 3.77. The number of esters is 1. The highest BCUT2D eigenvalue weighted by Gasteiger charge is 2.23. The van der Waals surface area contributed by atoms with Crippen LogP contribution in [0.2, 0.25) is 0 Å². The van der Waals surface area contributed by atoms with Crippen LogP contribution in [0.4, 0.5) is 8.78 Å². The number of carbonyl (C=O) groups is 2. The highest BCUT2D eigenvalue weighted by molar-refractivity contribution is 5.93. The van der Waals surface area contributed by atoms with E-state index < -0.39 is 11.6 Å². The lowest BCUT2D eigenvalue weighted by molar-refractivity contribution is -0.130. The first kappa shape index (κ1) is 21.9. The van der Waals surface area contributed by atoms with Gasteiger partial charge in [-0.15, -0.1) is 0 Å². The second-order valence-electron chi connectivity index (χ2n) is 8.08. The van der Waals surface area contributed by atoms with E-state index >= 15 is 0 Å². The summed E-state index contributed by atoms with van der Waals surface area (Å²) in [5, 5.41) is 8.79. The molecular weight excluding hydrogens is 416 g/mol. The molecule has 2 aliphatic rings. The van der Waals surface area contributed by atoms with Crippen molar-refractivity contribution in [1.82, 2.24) is 9.80 Å². The molecule has 2 aromatic rings. The van der Waals surface area contributed by atoms with Gasteiger partial charge in [0.2, 0.25) is 5.91 Å². The van der Waals surface area contributed by atoms with Crippen LogP contribution in [0.1, 0.15) is 39.0 Å². The molecule has 6 nitrogen and oxygen atoms in total. The molecule has 0 atom stereocenters. The molecule has 8 heteroatoms. The van der Waals surface area contributed by atoms with Crippen LogP contribution in [0.5, 0.6) is 0 Å². The topological polar surface area (TPSA) is 73.6 Å². The molecule has 0 aromatic heterocycles. The lowest BCUT2D eigenvalue weighted by Gasteiger charge is -2.22. The van der Waals surface area contributed by atoms with Crippen molar-refractivity contribution in [2.24, 2.45) is 0 Å².